The van der Waals surface area contributed by atoms with Gasteiger partial charge >= 0.3 is 0 Å². The number of benzene rings is 11. The summed E-state index contributed by atoms with van der Waals surface area (Å²) in [5.74, 6) is 2.84. The smallest absolute Gasteiger partial charge is 0.126 e. The third-order valence-corrected chi connectivity index (χ3v) is 26.7. The average Bonchev–Trinajstić information content (AvgIpc) is 0.761. The molecule has 11 aromatic rings. The Kier molecular flexibility index (Phi) is 27.2. The molecule has 0 fully saturated rings. The third-order valence-electron chi connectivity index (χ3n) is 26.7. The summed E-state index contributed by atoms with van der Waals surface area (Å²) in [5, 5.41) is 67.5. The number of phenols is 5. The number of hydrogen-bond donors (Lipinski definition) is 5. The summed E-state index contributed by atoms with van der Waals surface area (Å²) < 4.78 is 22.7. The van der Waals surface area contributed by atoms with Crippen LogP contribution in [0.25, 0.3) is 0 Å². The molecule has 0 atom stereocenters. The molecule has 0 saturated carbocycles. The van der Waals surface area contributed by atoms with E-state index in [2.05, 4.69) is 398 Å². The monoisotopic (exact) mass is 1740 g/mol. The Labute approximate surface area is 776 Å². The molecule has 0 aromatic heterocycles. The van der Waals surface area contributed by atoms with Gasteiger partial charge in [-0.1, -0.05) is 398 Å². The zero-order valence-corrected chi connectivity index (χ0v) is 84.9. The van der Waals surface area contributed by atoms with Gasteiger partial charge in [0.05, 0.1) is 0 Å². The predicted octanol–water partition coefficient (Wildman–Crippen LogP) is 30.3. The zero-order valence-electron chi connectivity index (χ0n) is 84.9. The van der Waals surface area contributed by atoms with Crippen molar-refractivity contribution in [1.82, 2.24) is 0 Å². The number of rotatable bonds is 9. The minimum atomic E-state index is -0.381. The molecule has 0 unspecified atom stereocenters. The Balaban J connectivity index is 1.19. The van der Waals surface area contributed by atoms with Crippen molar-refractivity contribution in [2.45, 2.75) is 359 Å². The maximum Gasteiger partial charge on any atom is 0.126 e. The molecule has 12 rings (SSSR count). The van der Waals surface area contributed by atoms with Gasteiger partial charge in [0.25, 0.3) is 0 Å². The standard InChI is InChI=1S/C121H154O8/c1-111(2,3)92-40-34-73(35-41-92)70-127-108-86-49-82-60-97(116(16,17)18)58-80(105(82)124)47-78-56-95(114(10,11)12)54-76(103(78)122)46-77-55-96(115(13,14)15)57-79(104(77)123)48-81-59-98(117(19,20)21)61-83(106(81)125)50-88-66-101(120(28,29)30)68-90(109(88)128-71-74-36-42-93(43-37-74)112(4,5)6)53-91-69-102(121(31,32)33)67-89(110(91)129-72-75-38-44-94(45-39-75)113(7,8)9)52-85-63-99(118(22,23)24)62-84(107(85)126)51-87(108)65-100(64-86)119(25,26)27/h34-45,54-69,122-126H,46-53,70-72H2,1-33H3. The van der Waals surface area contributed by atoms with Gasteiger partial charge in [-0.3, -0.25) is 0 Å². The van der Waals surface area contributed by atoms with Crippen molar-refractivity contribution in [2.75, 3.05) is 0 Å². The quantitative estimate of drug-likeness (QED) is 0.0967. The molecule has 11 aromatic carbocycles. The van der Waals surface area contributed by atoms with Gasteiger partial charge in [0.15, 0.2) is 0 Å². The fraction of sp³-hybridized carbons (Fsp3) is 0.455. The van der Waals surface area contributed by atoms with E-state index in [9.17, 15) is 25.5 Å². The van der Waals surface area contributed by atoms with Crippen LogP contribution >= 0.6 is 0 Å². The SMILES string of the molecule is CC(C)(C)c1ccc(COc2c3cc(C(C)(C)C)cc2Cc2cc(C(C)(C)C)cc(c2O)Cc2cc(C(C)(C)C)cc(c2OCc2ccc(C(C)(C)C)cc2)Cc2cc(C(C)(C)C)cc(c2OCc2ccc(C(C)(C)C)cc2)Cc2cc(C(C)(C)C)cc(c2O)Cc2cc(C(C)(C)C)cc(c2O)Cc2cc(C(C)(C)C)cc(c2O)Cc2cc(C(C)(C)C)cc(c2O)C3)cc1. The van der Waals surface area contributed by atoms with Crippen molar-refractivity contribution in [3.8, 4) is 46.0 Å². The van der Waals surface area contributed by atoms with Crippen LogP contribution in [0.1, 0.15) is 395 Å². The number of aromatic hydroxyl groups is 5. The van der Waals surface area contributed by atoms with E-state index in [0.29, 0.717) is 71.2 Å². The molecule has 1 aliphatic carbocycles. The lowest BCUT2D eigenvalue weighted by atomic mass is 9.79. The van der Waals surface area contributed by atoms with E-state index in [1.54, 1.807) is 0 Å². The van der Waals surface area contributed by atoms with Crippen molar-refractivity contribution in [3.63, 3.8) is 0 Å². The Hall–Kier alpha value is -10.2. The molecular formula is C121H154O8. The fourth-order valence-electron chi connectivity index (χ4n) is 17.6. The normalized spacial score (nSPS) is 13.9. The Morgan fingerprint density at radius 3 is 0.395 bits per heavy atom. The third kappa shape index (κ3) is 23.2. The van der Waals surface area contributed by atoms with Crippen LogP contribution in [0, 0.1) is 0 Å². The highest BCUT2D eigenvalue weighted by molar-refractivity contribution is 5.63. The van der Waals surface area contributed by atoms with Crippen LogP contribution in [0.2, 0.25) is 0 Å². The highest BCUT2D eigenvalue weighted by Gasteiger charge is 2.34. The second-order valence-corrected chi connectivity index (χ2v) is 49.2. The first-order chi connectivity index (χ1) is 59.3. The van der Waals surface area contributed by atoms with Crippen LogP contribution in [0.15, 0.2) is 170 Å². The van der Waals surface area contributed by atoms with Crippen LogP contribution in [0.3, 0.4) is 0 Å². The molecular weight excluding hydrogens is 1580 g/mol. The summed E-state index contributed by atoms with van der Waals surface area (Å²) in [6, 6.07) is 61.7. The molecule has 0 amide bonds. The lowest BCUT2D eigenvalue weighted by molar-refractivity contribution is 0.296. The van der Waals surface area contributed by atoms with Gasteiger partial charge in [0.2, 0.25) is 0 Å². The largest absolute Gasteiger partial charge is 0.507 e. The Morgan fingerprint density at radius 2 is 0.271 bits per heavy atom. The van der Waals surface area contributed by atoms with E-state index in [1.165, 1.54) is 16.7 Å². The number of ether oxygens (including phenoxy) is 3. The molecule has 16 bridgehead atoms. The van der Waals surface area contributed by atoms with Crippen LogP contribution in [-0.4, -0.2) is 25.5 Å². The van der Waals surface area contributed by atoms with Crippen LogP contribution in [-0.2, 0) is 131 Å². The molecule has 5 N–H and O–H groups in total. The summed E-state index contributed by atoms with van der Waals surface area (Å²) in [6.07, 6.45) is 2.20. The molecule has 8 heteroatoms. The number of phenolic OH excluding ortho intramolecular Hbond substituents is 5. The summed E-state index contributed by atoms with van der Waals surface area (Å²) >= 11 is 0. The van der Waals surface area contributed by atoms with E-state index in [-0.39, 0.29) is 127 Å². The van der Waals surface area contributed by atoms with Gasteiger partial charge in [-0.05, 0) is 226 Å². The van der Waals surface area contributed by atoms with E-state index in [4.69, 9.17) is 14.2 Å². The van der Waals surface area contributed by atoms with E-state index < -0.39 is 0 Å². The maximum atomic E-state index is 13.9. The summed E-state index contributed by atoms with van der Waals surface area (Å²) in [6.45, 7) is 74.5. The summed E-state index contributed by atoms with van der Waals surface area (Å²) in [7, 11) is 0. The van der Waals surface area contributed by atoms with Crippen molar-refractivity contribution in [3.05, 3.63) is 337 Å². The highest BCUT2D eigenvalue weighted by atomic mass is 16.5. The molecule has 0 aliphatic heterocycles. The minimum Gasteiger partial charge on any atom is -0.507 e. The lowest BCUT2D eigenvalue weighted by Crippen LogP contribution is -2.17. The molecule has 0 radical (unpaired) electrons. The van der Waals surface area contributed by atoms with Crippen molar-refractivity contribution in [2.24, 2.45) is 0 Å². The van der Waals surface area contributed by atoms with Crippen molar-refractivity contribution < 1.29 is 39.7 Å². The molecule has 0 spiro atoms. The first kappa shape index (κ1) is 97.9. The molecule has 1 aliphatic rings. The minimum absolute atomic E-state index is 0.0613. The van der Waals surface area contributed by atoms with Crippen molar-refractivity contribution >= 4 is 0 Å². The van der Waals surface area contributed by atoms with E-state index in [0.717, 1.165) is 128 Å². The van der Waals surface area contributed by atoms with E-state index in [1.807, 2.05) is 0 Å². The van der Waals surface area contributed by atoms with Gasteiger partial charge in [-0.25, -0.2) is 0 Å². The van der Waals surface area contributed by atoms with Crippen LogP contribution in [0.4, 0.5) is 0 Å². The number of hydrogen-bond acceptors (Lipinski definition) is 8. The average molecular weight is 1740 g/mol. The maximum absolute atomic E-state index is 13.9. The lowest BCUT2D eigenvalue weighted by Gasteiger charge is -2.28. The summed E-state index contributed by atoms with van der Waals surface area (Å²) in [4.78, 5) is 0. The number of fused-ring (bicyclic) bond motifs is 16. The fourth-order valence-corrected chi connectivity index (χ4v) is 17.6. The molecule has 686 valence electrons. The van der Waals surface area contributed by atoms with E-state index >= 15 is 0 Å². The molecule has 0 saturated heterocycles. The second-order valence-electron chi connectivity index (χ2n) is 49.2. The molecule has 129 heavy (non-hydrogen) atoms. The van der Waals surface area contributed by atoms with Gasteiger partial charge in [-0.2, -0.15) is 0 Å². The predicted molar refractivity (Wildman–Crippen MR) is 540 cm³/mol. The first-order valence-corrected chi connectivity index (χ1v) is 47.3. The van der Waals surface area contributed by atoms with Crippen LogP contribution in [0.5, 0.6) is 46.0 Å². The zero-order chi connectivity index (χ0) is 95.1. The van der Waals surface area contributed by atoms with Gasteiger partial charge in [-0.15, -0.1) is 0 Å². The first-order valence-electron chi connectivity index (χ1n) is 47.3. The van der Waals surface area contributed by atoms with Gasteiger partial charge in [0, 0.05) is 51.4 Å². The molecule has 0 heterocycles. The second kappa shape index (κ2) is 35.8. The highest BCUT2D eigenvalue weighted by Crippen LogP contribution is 2.49. The summed E-state index contributed by atoms with van der Waals surface area (Å²) in [5.41, 5.74) is 24.6. The van der Waals surface area contributed by atoms with Crippen LogP contribution < -0.4 is 14.2 Å². The van der Waals surface area contributed by atoms with Crippen molar-refractivity contribution in [1.29, 1.82) is 0 Å². The van der Waals surface area contributed by atoms with Gasteiger partial charge < -0.3 is 39.7 Å². The Morgan fingerprint density at radius 1 is 0.163 bits per heavy atom. The topological polar surface area (TPSA) is 129 Å². The molecule has 8 nitrogen and oxygen atoms in total. The van der Waals surface area contributed by atoms with Gasteiger partial charge in [0.1, 0.15) is 65.8 Å². The Bertz CT molecular complexity index is 5940.